The van der Waals surface area contributed by atoms with Crippen LogP contribution in [-0.2, 0) is 0 Å². The van der Waals surface area contributed by atoms with Crippen molar-refractivity contribution in [1.29, 1.82) is 0 Å². The van der Waals surface area contributed by atoms with Crippen LogP contribution < -0.4 is 5.73 Å². The van der Waals surface area contributed by atoms with E-state index in [-0.39, 0.29) is 5.41 Å². The van der Waals surface area contributed by atoms with E-state index >= 15 is 0 Å². The lowest BCUT2D eigenvalue weighted by Gasteiger charge is -2.42. The van der Waals surface area contributed by atoms with Crippen LogP contribution >= 0.6 is 0 Å². The van der Waals surface area contributed by atoms with Crippen molar-refractivity contribution in [2.45, 2.75) is 65.4 Å². The Hall–Kier alpha value is -0.0800. The Balaban J connectivity index is 2.79. The van der Waals surface area contributed by atoms with E-state index in [1.165, 1.54) is 6.42 Å². The van der Waals surface area contributed by atoms with Crippen molar-refractivity contribution in [3.8, 4) is 0 Å². The van der Waals surface area contributed by atoms with Gasteiger partial charge in [0.2, 0.25) is 0 Å². The van der Waals surface area contributed by atoms with Gasteiger partial charge in [0.15, 0.2) is 0 Å². The molecule has 0 aliphatic heterocycles. The van der Waals surface area contributed by atoms with Crippen LogP contribution in [0.2, 0.25) is 0 Å². The molecule has 90 valence electrons. The summed E-state index contributed by atoms with van der Waals surface area (Å²) in [7, 11) is 0. The summed E-state index contributed by atoms with van der Waals surface area (Å²) in [6.45, 7) is 9.34. The molecule has 0 amide bonds. The molecule has 15 heavy (non-hydrogen) atoms. The summed E-state index contributed by atoms with van der Waals surface area (Å²) in [6.07, 6.45) is 5.24. The van der Waals surface area contributed by atoms with E-state index in [4.69, 9.17) is 5.73 Å². The van der Waals surface area contributed by atoms with E-state index in [0.29, 0.717) is 12.0 Å². The number of nitrogens with two attached hydrogens (primary N) is 1. The summed E-state index contributed by atoms with van der Waals surface area (Å²) in [4.78, 5) is 0. The highest BCUT2D eigenvalue weighted by atomic mass is 16.3. The van der Waals surface area contributed by atoms with Gasteiger partial charge in [-0.15, -0.1) is 0 Å². The molecule has 1 unspecified atom stereocenters. The van der Waals surface area contributed by atoms with Gasteiger partial charge in [0.25, 0.3) is 0 Å². The fourth-order valence-electron chi connectivity index (χ4n) is 2.52. The minimum atomic E-state index is -0.560. The first-order valence-electron chi connectivity index (χ1n) is 6.15. The molecule has 1 atom stereocenters. The average molecular weight is 213 g/mol. The second kappa shape index (κ2) is 4.06. The van der Waals surface area contributed by atoms with Gasteiger partial charge in [-0.1, -0.05) is 34.1 Å². The van der Waals surface area contributed by atoms with Crippen molar-refractivity contribution < 1.29 is 5.11 Å². The molecular formula is C13H27NO. The zero-order valence-electron chi connectivity index (χ0n) is 10.8. The van der Waals surface area contributed by atoms with Crippen molar-refractivity contribution in [1.82, 2.24) is 0 Å². The second-order valence-corrected chi connectivity index (χ2v) is 6.64. The summed E-state index contributed by atoms with van der Waals surface area (Å²) in [5.74, 6) is 0. The van der Waals surface area contributed by atoms with Gasteiger partial charge in [0, 0.05) is 12.0 Å². The van der Waals surface area contributed by atoms with Crippen molar-refractivity contribution in [3.05, 3.63) is 0 Å². The third-order valence-corrected chi connectivity index (χ3v) is 4.43. The molecule has 0 bridgehead atoms. The van der Waals surface area contributed by atoms with E-state index in [1.807, 2.05) is 0 Å². The topological polar surface area (TPSA) is 46.2 Å². The Morgan fingerprint density at radius 3 is 2.27 bits per heavy atom. The molecule has 1 fully saturated rings. The molecule has 0 saturated heterocycles. The van der Waals surface area contributed by atoms with Crippen LogP contribution in [0.4, 0.5) is 0 Å². The summed E-state index contributed by atoms with van der Waals surface area (Å²) >= 11 is 0. The lowest BCUT2D eigenvalue weighted by Crippen LogP contribution is -2.48. The zero-order valence-corrected chi connectivity index (χ0v) is 10.8. The smallest absolute Gasteiger partial charge is 0.0710 e. The highest BCUT2D eigenvalue weighted by Gasteiger charge is 2.44. The lowest BCUT2D eigenvalue weighted by atomic mass is 9.70. The Bertz CT molecular complexity index is 223. The summed E-state index contributed by atoms with van der Waals surface area (Å²) in [6, 6.07) is 0. The van der Waals surface area contributed by atoms with Crippen molar-refractivity contribution in [2.75, 3.05) is 6.54 Å². The monoisotopic (exact) mass is 213 g/mol. The van der Waals surface area contributed by atoms with Crippen LogP contribution in [0.25, 0.3) is 0 Å². The highest BCUT2D eigenvalue weighted by Crippen LogP contribution is 2.45. The molecule has 0 aromatic rings. The van der Waals surface area contributed by atoms with E-state index < -0.39 is 5.60 Å². The maximum Gasteiger partial charge on any atom is 0.0710 e. The fourth-order valence-corrected chi connectivity index (χ4v) is 2.52. The molecule has 0 radical (unpaired) electrons. The van der Waals surface area contributed by atoms with Gasteiger partial charge in [-0.2, -0.15) is 0 Å². The largest absolute Gasteiger partial charge is 0.389 e. The van der Waals surface area contributed by atoms with Crippen LogP contribution in [-0.4, -0.2) is 17.3 Å². The molecule has 0 spiro atoms. The van der Waals surface area contributed by atoms with Gasteiger partial charge in [-0.05, 0) is 31.1 Å². The summed E-state index contributed by atoms with van der Waals surface area (Å²) in [5, 5.41) is 10.7. The SMILES string of the molecule is CC1(C)CCCC(O)(C(C)(C)CN)CC1. The van der Waals surface area contributed by atoms with Gasteiger partial charge < -0.3 is 10.8 Å². The van der Waals surface area contributed by atoms with Gasteiger partial charge in [-0.3, -0.25) is 0 Å². The third kappa shape index (κ3) is 2.73. The highest BCUT2D eigenvalue weighted by molar-refractivity contribution is 4.97. The van der Waals surface area contributed by atoms with Crippen molar-refractivity contribution >= 4 is 0 Å². The Kier molecular flexibility index (Phi) is 3.52. The van der Waals surface area contributed by atoms with Crippen molar-refractivity contribution in [2.24, 2.45) is 16.6 Å². The predicted octanol–water partition coefficient (Wildman–Crippen LogP) is 2.69. The first kappa shape index (κ1) is 13.0. The molecule has 0 aromatic heterocycles. The Morgan fingerprint density at radius 2 is 1.73 bits per heavy atom. The van der Waals surface area contributed by atoms with E-state index in [2.05, 4.69) is 27.7 Å². The Labute approximate surface area is 94.2 Å². The van der Waals surface area contributed by atoms with E-state index in [1.54, 1.807) is 0 Å². The minimum absolute atomic E-state index is 0.159. The summed E-state index contributed by atoms with van der Waals surface area (Å²) < 4.78 is 0. The summed E-state index contributed by atoms with van der Waals surface area (Å²) in [5.41, 5.74) is 5.45. The van der Waals surface area contributed by atoms with Crippen LogP contribution in [0.3, 0.4) is 0 Å². The van der Waals surface area contributed by atoms with E-state index in [9.17, 15) is 5.11 Å². The molecule has 1 saturated carbocycles. The van der Waals surface area contributed by atoms with Gasteiger partial charge >= 0.3 is 0 Å². The molecular weight excluding hydrogens is 186 g/mol. The van der Waals surface area contributed by atoms with Crippen molar-refractivity contribution in [3.63, 3.8) is 0 Å². The number of hydrogen-bond acceptors (Lipinski definition) is 2. The van der Waals surface area contributed by atoms with Crippen LogP contribution in [0.1, 0.15) is 59.8 Å². The lowest BCUT2D eigenvalue weighted by molar-refractivity contribution is -0.0753. The predicted molar refractivity (Wildman–Crippen MR) is 64.7 cm³/mol. The van der Waals surface area contributed by atoms with Crippen LogP contribution in [0.5, 0.6) is 0 Å². The van der Waals surface area contributed by atoms with Crippen LogP contribution in [0, 0.1) is 10.8 Å². The average Bonchev–Trinajstić information content (AvgIpc) is 2.27. The first-order valence-corrected chi connectivity index (χ1v) is 6.15. The fraction of sp³-hybridized carbons (Fsp3) is 1.00. The standard InChI is InChI=1S/C13H27NO/c1-11(2)6-5-7-13(15,9-8-11)12(3,4)10-14/h15H,5-10,14H2,1-4H3. The van der Waals surface area contributed by atoms with Gasteiger partial charge in [0.05, 0.1) is 5.60 Å². The van der Waals surface area contributed by atoms with Crippen LogP contribution in [0.15, 0.2) is 0 Å². The van der Waals surface area contributed by atoms with E-state index in [0.717, 1.165) is 25.7 Å². The molecule has 1 aliphatic carbocycles. The maximum absolute atomic E-state index is 10.7. The molecule has 0 aromatic carbocycles. The van der Waals surface area contributed by atoms with Gasteiger partial charge in [-0.25, -0.2) is 0 Å². The maximum atomic E-state index is 10.7. The molecule has 1 aliphatic rings. The molecule has 0 heterocycles. The second-order valence-electron chi connectivity index (χ2n) is 6.64. The molecule has 2 heteroatoms. The zero-order chi connectivity index (χ0) is 11.7. The molecule has 1 rings (SSSR count). The third-order valence-electron chi connectivity index (χ3n) is 4.43. The quantitative estimate of drug-likeness (QED) is 0.693. The van der Waals surface area contributed by atoms with Gasteiger partial charge in [0.1, 0.15) is 0 Å². The Morgan fingerprint density at radius 1 is 1.13 bits per heavy atom. The molecule has 3 N–H and O–H groups in total. The number of rotatable bonds is 2. The number of aliphatic hydroxyl groups is 1. The molecule has 2 nitrogen and oxygen atoms in total. The first-order chi connectivity index (χ1) is 6.72. The minimum Gasteiger partial charge on any atom is -0.389 e. The normalized spacial score (nSPS) is 32.4. The number of hydrogen-bond donors (Lipinski definition) is 2.